The second kappa shape index (κ2) is 4.72. The molecule has 2 aliphatic heterocycles. The molecule has 20 heavy (non-hydrogen) atoms. The normalized spacial score (nSPS) is 22.4. The largest absolute Gasteiger partial charge is 0.338 e. The van der Waals surface area contributed by atoms with Gasteiger partial charge in [0.2, 0.25) is 0 Å². The van der Waals surface area contributed by atoms with Gasteiger partial charge >= 0.3 is 17.8 Å². The van der Waals surface area contributed by atoms with Crippen LogP contribution in [0.15, 0.2) is 24.3 Å². The number of carbonyl (C=O) groups excluding carboxylic acids is 3. The Kier molecular flexibility index (Phi) is 3.02. The van der Waals surface area contributed by atoms with Crippen LogP contribution >= 0.6 is 0 Å². The van der Waals surface area contributed by atoms with Crippen LogP contribution < -0.4 is 4.90 Å². The summed E-state index contributed by atoms with van der Waals surface area (Å²) in [5, 5.41) is 0. The molecule has 1 saturated heterocycles. The fraction of sp³-hybridized carbons (Fsp3) is 0.357. The van der Waals surface area contributed by atoms with E-state index >= 15 is 0 Å². The Bertz CT molecular complexity index is 599. The lowest BCUT2D eigenvalue weighted by Gasteiger charge is -2.27. The Morgan fingerprint density at radius 3 is 2.45 bits per heavy atom. The number of imide groups is 2. The van der Waals surface area contributed by atoms with Crippen LogP contribution in [0.4, 0.5) is 4.79 Å². The highest BCUT2D eigenvalue weighted by atomic mass is 16.2. The first-order chi connectivity index (χ1) is 9.58. The Balaban J connectivity index is 1.73. The maximum atomic E-state index is 11.8. The zero-order valence-electron chi connectivity index (χ0n) is 11.3. The third-order valence-electron chi connectivity index (χ3n) is 3.94. The van der Waals surface area contributed by atoms with Gasteiger partial charge in [-0.3, -0.25) is 14.5 Å². The van der Waals surface area contributed by atoms with Crippen LogP contribution in [0.5, 0.6) is 0 Å². The fourth-order valence-electron chi connectivity index (χ4n) is 2.75. The van der Waals surface area contributed by atoms with Crippen LogP contribution in [-0.2, 0) is 22.6 Å². The van der Waals surface area contributed by atoms with Crippen molar-refractivity contribution in [2.24, 2.45) is 0 Å². The monoisotopic (exact) mass is 274 g/mol. The summed E-state index contributed by atoms with van der Waals surface area (Å²) in [7, 11) is 1.34. The molecule has 1 N–H and O–H groups in total. The molecule has 0 radical (unpaired) electrons. The Hall–Kier alpha value is -2.21. The van der Waals surface area contributed by atoms with Crippen molar-refractivity contribution >= 4 is 17.8 Å². The number of hydrogen-bond donors (Lipinski definition) is 1. The van der Waals surface area contributed by atoms with Gasteiger partial charge in [-0.1, -0.05) is 24.3 Å². The number of nitrogens with zero attached hydrogens (tertiary/aromatic N) is 2. The highest BCUT2D eigenvalue weighted by Gasteiger charge is 2.44. The standard InChI is InChI=1S/C14H15N3O3/c1-15-12(18)13(19)17(14(15)20)9-16-7-6-10-4-2-3-5-11(10)8-16/h2-5H,6-9H2,1H3/p+1. The number of benzene rings is 1. The minimum Gasteiger partial charge on any atom is -0.313 e. The van der Waals surface area contributed by atoms with Gasteiger partial charge in [-0.05, 0) is 5.56 Å². The lowest BCUT2D eigenvalue weighted by atomic mass is 10.0. The molecule has 1 aromatic rings. The van der Waals surface area contributed by atoms with Gasteiger partial charge in [0.05, 0.1) is 6.54 Å². The van der Waals surface area contributed by atoms with Crippen molar-refractivity contribution in [1.29, 1.82) is 0 Å². The summed E-state index contributed by atoms with van der Waals surface area (Å²) >= 11 is 0. The van der Waals surface area contributed by atoms with Crippen molar-refractivity contribution < 1.29 is 19.3 Å². The number of likely N-dealkylation sites (N-methyl/N-ethyl adjacent to an activating group) is 1. The van der Waals surface area contributed by atoms with Crippen molar-refractivity contribution in [2.45, 2.75) is 13.0 Å². The minimum atomic E-state index is -0.744. The molecule has 4 amide bonds. The second-order valence-electron chi connectivity index (χ2n) is 5.23. The molecule has 1 aromatic carbocycles. The number of quaternary nitrogens is 1. The molecule has 2 heterocycles. The average molecular weight is 274 g/mol. The summed E-state index contributed by atoms with van der Waals surface area (Å²) in [6, 6.07) is 7.66. The second-order valence-corrected chi connectivity index (χ2v) is 5.23. The van der Waals surface area contributed by atoms with E-state index in [9.17, 15) is 14.4 Å². The van der Waals surface area contributed by atoms with Gasteiger partial charge < -0.3 is 4.90 Å². The zero-order chi connectivity index (χ0) is 14.3. The number of nitrogens with one attached hydrogen (secondary N) is 1. The molecular formula is C14H16N3O3+. The van der Waals surface area contributed by atoms with Crippen molar-refractivity contribution in [3.63, 3.8) is 0 Å². The summed E-state index contributed by atoms with van der Waals surface area (Å²) < 4.78 is 0. The van der Waals surface area contributed by atoms with Crippen LogP contribution in [0.25, 0.3) is 0 Å². The number of hydrogen-bond acceptors (Lipinski definition) is 3. The zero-order valence-corrected chi connectivity index (χ0v) is 11.3. The summed E-state index contributed by atoms with van der Waals surface area (Å²) in [4.78, 5) is 38.1. The van der Waals surface area contributed by atoms with E-state index in [0.717, 1.165) is 34.2 Å². The quantitative estimate of drug-likeness (QED) is 0.556. The lowest BCUT2D eigenvalue weighted by Crippen LogP contribution is -3.13. The molecule has 1 unspecified atom stereocenters. The minimum absolute atomic E-state index is 0.252. The smallest absolute Gasteiger partial charge is 0.313 e. The Morgan fingerprint density at radius 1 is 1.10 bits per heavy atom. The van der Waals surface area contributed by atoms with Gasteiger partial charge in [0.15, 0.2) is 6.67 Å². The molecule has 0 saturated carbocycles. The van der Waals surface area contributed by atoms with Crippen LogP contribution in [0.1, 0.15) is 11.1 Å². The molecule has 3 rings (SSSR count). The van der Waals surface area contributed by atoms with Gasteiger partial charge in [-0.2, -0.15) is 0 Å². The highest BCUT2D eigenvalue weighted by molar-refractivity contribution is 6.44. The maximum absolute atomic E-state index is 11.8. The van der Waals surface area contributed by atoms with Crippen molar-refractivity contribution in [3.8, 4) is 0 Å². The van der Waals surface area contributed by atoms with E-state index in [1.165, 1.54) is 18.2 Å². The van der Waals surface area contributed by atoms with E-state index in [1.807, 2.05) is 12.1 Å². The molecule has 0 aliphatic carbocycles. The number of rotatable bonds is 2. The third-order valence-corrected chi connectivity index (χ3v) is 3.94. The summed E-state index contributed by atoms with van der Waals surface area (Å²) in [5.41, 5.74) is 2.57. The summed E-state index contributed by atoms with van der Waals surface area (Å²) in [6.07, 6.45) is 0.922. The topological polar surface area (TPSA) is 62.1 Å². The van der Waals surface area contributed by atoms with Crippen molar-refractivity contribution in [1.82, 2.24) is 9.80 Å². The van der Waals surface area contributed by atoms with Gasteiger partial charge in [-0.25, -0.2) is 9.69 Å². The molecule has 0 bridgehead atoms. The molecular weight excluding hydrogens is 258 g/mol. The van der Waals surface area contributed by atoms with E-state index < -0.39 is 17.8 Å². The van der Waals surface area contributed by atoms with Crippen LogP contribution in [0.3, 0.4) is 0 Å². The van der Waals surface area contributed by atoms with Gasteiger partial charge in [0.1, 0.15) is 6.54 Å². The number of urea groups is 1. The molecule has 104 valence electrons. The molecule has 6 heteroatoms. The third kappa shape index (κ3) is 1.98. The van der Waals surface area contributed by atoms with Crippen LogP contribution in [0.2, 0.25) is 0 Å². The Labute approximate surface area is 116 Å². The van der Waals surface area contributed by atoms with Crippen molar-refractivity contribution in [3.05, 3.63) is 35.4 Å². The maximum Gasteiger partial charge on any atom is 0.338 e. The first-order valence-corrected chi connectivity index (χ1v) is 6.62. The summed E-state index contributed by atoms with van der Waals surface area (Å²) in [6.45, 7) is 1.87. The average Bonchev–Trinajstić information content (AvgIpc) is 2.65. The van der Waals surface area contributed by atoms with Gasteiger partial charge in [0, 0.05) is 19.0 Å². The van der Waals surface area contributed by atoms with E-state index in [-0.39, 0.29) is 6.67 Å². The predicted octanol–water partition coefficient (Wildman–Crippen LogP) is -0.994. The molecule has 6 nitrogen and oxygen atoms in total. The first kappa shape index (κ1) is 12.8. The Morgan fingerprint density at radius 2 is 1.80 bits per heavy atom. The lowest BCUT2D eigenvalue weighted by molar-refractivity contribution is -0.923. The number of fused-ring (bicyclic) bond motifs is 1. The van der Waals surface area contributed by atoms with E-state index in [2.05, 4.69) is 12.1 Å². The SMILES string of the molecule is CN1C(=O)C(=O)N(C[NH+]2CCc3ccccc3C2)C1=O. The molecule has 0 aromatic heterocycles. The predicted molar refractivity (Wildman–Crippen MR) is 69.6 cm³/mol. The summed E-state index contributed by atoms with van der Waals surface area (Å²) in [5.74, 6) is -1.46. The number of carbonyl (C=O) groups is 3. The van der Waals surface area contributed by atoms with E-state index in [1.54, 1.807) is 0 Å². The van der Waals surface area contributed by atoms with Crippen LogP contribution in [-0.4, -0.2) is 47.9 Å². The molecule has 2 aliphatic rings. The first-order valence-electron chi connectivity index (χ1n) is 6.62. The van der Waals surface area contributed by atoms with Gasteiger partial charge in [0.25, 0.3) is 0 Å². The van der Waals surface area contributed by atoms with Crippen LogP contribution in [0, 0.1) is 0 Å². The van der Waals surface area contributed by atoms with Gasteiger partial charge in [-0.15, -0.1) is 0 Å². The van der Waals surface area contributed by atoms with E-state index in [0.29, 0.717) is 0 Å². The molecule has 0 spiro atoms. The fourth-order valence-corrected chi connectivity index (χ4v) is 2.75. The molecule has 1 atom stereocenters. The van der Waals surface area contributed by atoms with Crippen molar-refractivity contribution in [2.75, 3.05) is 20.3 Å². The molecule has 1 fully saturated rings. The highest BCUT2D eigenvalue weighted by Crippen LogP contribution is 2.11. The number of amides is 4. The van der Waals surface area contributed by atoms with E-state index in [4.69, 9.17) is 0 Å².